The Bertz CT molecular complexity index is 664. The normalized spacial score (nSPS) is 35.6. The highest BCUT2D eigenvalue weighted by molar-refractivity contribution is 6.04. The molecule has 0 amide bonds. The summed E-state index contributed by atoms with van der Waals surface area (Å²) in [5.74, 6) is 2.43. The lowest BCUT2D eigenvalue weighted by atomic mass is 9.52. The van der Waals surface area contributed by atoms with Gasteiger partial charge in [0.15, 0.2) is 23.4 Å². The predicted octanol–water partition coefficient (Wildman–Crippen LogP) is 1.72. The summed E-state index contributed by atoms with van der Waals surface area (Å²) in [6.07, 6.45) is 3.40. The van der Waals surface area contributed by atoms with Crippen molar-refractivity contribution in [3.63, 3.8) is 0 Å². The fourth-order valence-corrected chi connectivity index (χ4v) is 5.40. The molecule has 2 N–H and O–H groups in total. The second-order valence-corrected chi connectivity index (χ2v) is 6.80. The molecule has 23 heavy (non-hydrogen) atoms. The van der Waals surface area contributed by atoms with Crippen LogP contribution in [0.4, 0.5) is 0 Å². The Morgan fingerprint density at radius 3 is 3.04 bits per heavy atom. The van der Waals surface area contributed by atoms with E-state index in [0.717, 1.165) is 37.3 Å². The smallest absolute Gasteiger partial charge is 0.174 e. The van der Waals surface area contributed by atoms with E-state index in [1.807, 2.05) is 6.07 Å². The average Bonchev–Trinajstić information content (AvgIpc) is 2.92. The van der Waals surface area contributed by atoms with Crippen LogP contribution < -0.4 is 14.8 Å². The van der Waals surface area contributed by atoms with Crippen molar-refractivity contribution in [3.8, 4) is 11.5 Å². The molecular formula is C17H20ClNO4. The molecule has 124 valence electrons. The first kappa shape index (κ1) is 15.2. The number of ether oxygens (including phenoxy) is 2. The fraction of sp³-hybridized carbons (Fsp3) is 0.588. The van der Waals surface area contributed by atoms with Crippen LogP contribution in [-0.4, -0.2) is 36.2 Å². The van der Waals surface area contributed by atoms with Gasteiger partial charge in [-0.15, -0.1) is 0 Å². The van der Waals surface area contributed by atoms with Gasteiger partial charge in [-0.2, -0.15) is 0 Å². The van der Waals surface area contributed by atoms with Crippen LogP contribution in [-0.2, 0) is 16.6 Å². The second kappa shape index (κ2) is 5.36. The molecule has 0 aromatic heterocycles. The van der Waals surface area contributed by atoms with Crippen molar-refractivity contribution >= 4 is 17.6 Å². The van der Waals surface area contributed by atoms with Gasteiger partial charge in [0.25, 0.3) is 0 Å². The van der Waals surface area contributed by atoms with Gasteiger partial charge in [-0.25, -0.2) is 0 Å². The largest absolute Gasteiger partial charge is 0.493 e. The third kappa shape index (κ3) is 1.78. The third-order valence-corrected chi connectivity index (χ3v) is 6.12. The van der Waals surface area contributed by atoms with Gasteiger partial charge >= 0.3 is 0 Å². The molecule has 1 aromatic carbocycles. The Labute approximate surface area is 140 Å². The molecule has 1 saturated carbocycles. The summed E-state index contributed by atoms with van der Waals surface area (Å²) in [5, 5.41) is 3.67. The van der Waals surface area contributed by atoms with E-state index in [1.54, 1.807) is 7.11 Å². The minimum absolute atomic E-state index is 0.0945. The highest BCUT2D eigenvalue weighted by Crippen LogP contribution is 2.61. The summed E-state index contributed by atoms with van der Waals surface area (Å²) in [4.78, 5) is 12.5. The maximum Gasteiger partial charge on any atom is 0.174 e. The van der Waals surface area contributed by atoms with Crippen molar-refractivity contribution in [1.29, 1.82) is 0 Å². The molecule has 0 radical (unpaired) electrons. The molecule has 2 heterocycles. The quantitative estimate of drug-likeness (QED) is 0.817. The zero-order valence-electron chi connectivity index (χ0n) is 13.0. The number of carbonyl (C=O) groups is 1. The first-order valence-corrected chi connectivity index (χ1v) is 8.39. The number of nitrogens with one attached hydrogen (secondary N) is 1. The van der Waals surface area contributed by atoms with Crippen molar-refractivity contribution in [3.05, 3.63) is 23.3 Å². The molecule has 6 heteroatoms. The van der Waals surface area contributed by atoms with E-state index in [1.165, 1.54) is 11.1 Å². The van der Waals surface area contributed by atoms with Crippen molar-refractivity contribution in [2.24, 2.45) is 5.92 Å². The Hall–Kier alpha value is -1.30. The first-order valence-electron chi connectivity index (χ1n) is 8.05. The average molecular weight is 338 g/mol. The van der Waals surface area contributed by atoms with E-state index in [9.17, 15) is 4.79 Å². The molecule has 2 aliphatic carbocycles. The SMILES string of the molecule is COc1ccc2c3c1O[C@H]1C(=O)CC[C@H]4[C@@H](C2)NCC[C@]314.OCl. The molecule has 2 fully saturated rings. The second-order valence-electron chi connectivity index (χ2n) is 6.80. The molecule has 5 rings (SSSR count). The number of ketones is 1. The van der Waals surface area contributed by atoms with Crippen LogP contribution in [0.3, 0.4) is 0 Å². The molecule has 2 aliphatic heterocycles. The van der Waals surface area contributed by atoms with Crippen molar-refractivity contribution < 1.29 is 18.9 Å². The van der Waals surface area contributed by atoms with Crippen molar-refractivity contribution in [2.45, 2.75) is 43.2 Å². The molecule has 5 nitrogen and oxygen atoms in total. The van der Waals surface area contributed by atoms with Gasteiger partial charge in [0, 0.05) is 23.4 Å². The van der Waals surface area contributed by atoms with Crippen LogP contribution in [0.2, 0.25) is 0 Å². The lowest BCUT2D eigenvalue weighted by Crippen LogP contribution is -2.65. The topological polar surface area (TPSA) is 67.8 Å². The summed E-state index contributed by atoms with van der Waals surface area (Å²) < 4.78 is 18.2. The highest BCUT2D eigenvalue weighted by Gasteiger charge is 2.64. The van der Waals surface area contributed by atoms with Gasteiger partial charge in [0.05, 0.1) is 19.0 Å². The zero-order valence-corrected chi connectivity index (χ0v) is 13.7. The minimum atomic E-state index is -0.286. The summed E-state index contributed by atoms with van der Waals surface area (Å²) in [6.45, 7) is 0.977. The van der Waals surface area contributed by atoms with Crippen LogP contribution in [0, 0.1) is 5.92 Å². The number of Topliss-reactive ketones (excluding diaryl/α,β-unsaturated/α-hetero) is 1. The van der Waals surface area contributed by atoms with Crippen LogP contribution in [0.5, 0.6) is 11.5 Å². The Morgan fingerprint density at radius 2 is 2.26 bits per heavy atom. The molecule has 1 saturated heterocycles. The number of methoxy groups -OCH3 is 1. The predicted molar refractivity (Wildman–Crippen MR) is 85.0 cm³/mol. The fourth-order valence-electron chi connectivity index (χ4n) is 5.40. The summed E-state index contributed by atoms with van der Waals surface area (Å²) in [5.41, 5.74) is 2.54. The maximum absolute atomic E-state index is 12.5. The number of piperidine rings is 1. The van der Waals surface area contributed by atoms with Gasteiger partial charge in [-0.3, -0.25) is 9.45 Å². The van der Waals surface area contributed by atoms with E-state index in [-0.39, 0.29) is 17.3 Å². The standard InChI is InChI=1S/C17H19NO3.ClHO/c1-20-13-5-2-9-8-11-10-3-4-12(19)16-17(10,6-7-18-11)14(9)15(13)21-16;1-2/h2,5,10-11,16,18H,3-4,6-8H2,1H3;2H/t10-,11+,16-,17-;/m0./s1. The van der Waals surface area contributed by atoms with Crippen LogP contribution >= 0.6 is 11.9 Å². The van der Waals surface area contributed by atoms with Crippen LogP contribution in [0.1, 0.15) is 30.4 Å². The highest BCUT2D eigenvalue weighted by atomic mass is 35.5. The number of hydrogen-bond donors (Lipinski definition) is 2. The van der Waals surface area contributed by atoms with Crippen molar-refractivity contribution in [1.82, 2.24) is 5.32 Å². The van der Waals surface area contributed by atoms with Gasteiger partial charge in [-0.05, 0) is 43.4 Å². The zero-order chi connectivity index (χ0) is 16.2. The van der Waals surface area contributed by atoms with E-state index in [0.29, 0.717) is 18.4 Å². The molecule has 2 bridgehead atoms. The lowest BCUT2D eigenvalue weighted by Gasteiger charge is -2.54. The van der Waals surface area contributed by atoms with Gasteiger partial charge in [0.1, 0.15) is 0 Å². The Kier molecular flexibility index (Phi) is 3.55. The third-order valence-electron chi connectivity index (χ3n) is 6.12. The van der Waals surface area contributed by atoms with E-state index in [2.05, 4.69) is 23.2 Å². The van der Waals surface area contributed by atoms with Gasteiger partial charge < -0.3 is 14.8 Å². The Morgan fingerprint density at radius 1 is 1.43 bits per heavy atom. The number of carbonyl (C=O) groups excluding carboxylic acids is 1. The Balaban J connectivity index is 0.000000652. The number of halogens is 1. The number of benzene rings is 1. The first-order chi connectivity index (χ1) is 11.3. The van der Waals surface area contributed by atoms with Crippen LogP contribution in [0.15, 0.2) is 12.1 Å². The summed E-state index contributed by atoms with van der Waals surface area (Å²) in [7, 11) is 1.68. The van der Waals surface area contributed by atoms with Crippen LogP contribution in [0.25, 0.3) is 0 Å². The monoisotopic (exact) mass is 337 g/mol. The van der Waals surface area contributed by atoms with Gasteiger partial charge in [0.2, 0.25) is 0 Å². The summed E-state index contributed by atoms with van der Waals surface area (Å²) >= 11 is 3.64. The molecular weight excluding hydrogens is 318 g/mol. The minimum Gasteiger partial charge on any atom is -0.493 e. The van der Waals surface area contributed by atoms with E-state index >= 15 is 0 Å². The molecule has 4 aliphatic rings. The summed E-state index contributed by atoms with van der Waals surface area (Å²) in [6, 6.07) is 4.65. The van der Waals surface area contributed by atoms with E-state index in [4.69, 9.17) is 14.1 Å². The number of rotatable bonds is 1. The molecule has 1 aromatic rings. The molecule has 0 unspecified atom stereocenters. The maximum atomic E-state index is 12.5. The lowest BCUT2D eigenvalue weighted by molar-refractivity contribution is -0.135. The van der Waals surface area contributed by atoms with Crippen molar-refractivity contribution in [2.75, 3.05) is 13.7 Å². The molecule has 1 spiro atoms. The molecule has 4 atom stereocenters. The van der Waals surface area contributed by atoms with Gasteiger partial charge in [-0.1, -0.05) is 6.07 Å². The number of hydrogen-bond acceptors (Lipinski definition) is 5. The van der Waals surface area contributed by atoms with E-state index < -0.39 is 0 Å².